The van der Waals surface area contributed by atoms with E-state index in [1.54, 1.807) is 31.2 Å². The molecule has 0 radical (unpaired) electrons. The van der Waals surface area contributed by atoms with Crippen molar-refractivity contribution in [3.8, 4) is 0 Å². The van der Waals surface area contributed by atoms with Crippen molar-refractivity contribution in [3.63, 3.8) is 0 Å². The predicted octanol–water partition coefficient (Wildman–Crippen LogP) is 3.26. The summed E-state index contributed by atoms with van der Waals surface area (Å²) in [6, 6.07) is 15.1. The molecule has 1 amide bonds. The SMILES string of the molecule is CCS(=O)(=O)c1cccc(CC(=O)NCC2CCCc3ccccc32)c1. The van der Waals surface area contributed by atoms with Crippen LogP contribution in [0.4, 0.5) is 0 Å². The fourth-order valence-electron chi connectivity index (χ4n) is 3.57. The van der Waals surface area contributed by atoms with Gasteiger partial charge in [-0.3, -0.25) is 4.79 Å². The van der Waals surface area contributed by atoms with Crippen LogP contribution in [0.3, 0.4) is 0 Å². The first-order valence-corrected chi connectivity index (χ1v) is 10.8. The van der Waals surface area contributed by atoms with E-state index in [4.69, 9.17) is 0 Å². The van der Waals surface area contributed by atoms with Gasteiger partial charge in [0, 0.05) is 12.5 Å². The van der Waals surface area contributed by atoms with E-state index in [2.05, 4.69) is 29.6 Å². The van der Waals surface area contributed by atoms with E-state index in [-0.39, 0.29) is 23.0 Å². The predicted molar refractivity (Wildman–Crippen MR) is 103 cm³/mol. The van der Waals surface area contributed by atoms with Crippen LogP contribution in [0.15, 0.2) is 53.4 Å². The van der Waals surface area contributed by atoms with E-state index in [0.717, 1.165) is 24.8 Å². The van der Waals surface area contributed by atoms with Crippen LogP contribution in [0.5, 0.6) is 0 Å². The fraction of sp³-hybridized carbons (Fsp3) is 0.381. The second-order valence-corrected chi connectivity index (χ2v) is 9.10. The molecule has 1 unspecified atom stereocenters. The van der Waals surface area contributed by atoms with Gasteiger partial charge in [-0.05, 0) is 48.1 Å². The molecule has 26 heavy (non-hydrogen) atoms. The monoisotopic (exact) mass is 371 g/mol. The van der Waals surface area contributed by atoms with Crippen LogP contribution in [0.2, 0.25) is 0 Å². The molecule has 0 bridgehead atoms. The molecule has 2 aromatic carbocycles. The van der Waals surface area contributed by atoms with Gasteiger partial charge in [0.1, 0.15) is 0 Å². The van der Waals surface area contributed by atoms with Crippen molar-refractivity contribution in [2.24, 2.45) is 0 Å². The van der Waals surface area contributed by atoms with E-state index in [1.807, 2.05) is 0 Å². The number of amides is 1. The lowest BCUT2D eigenvalue weighted by atomic mass is 9.83. The van der Waals surface area contributed by atoms with Gasteiger partial charge in [-0.25, -0.2) is 8.42 Å². The Morgan fingerprint density at radius 3 is 2.77 bits per heavy atom. The minimum absolute atomic E-state index is 0.0593. The second-order valence-electron chi connectivity index (χ2n) is 6.82. The first kappa shape index (κ1) is 18.6. The lowest BCUT2D eigenvalue weighted by molar-refractivity contribution is -0.120. The molecule has 0 aliphatic heterocycles. The van der Waals surface area contributed by atoms with Crippen LogP contribution in [-0.2, 0) is 27.5 Å². The van der Waals surface area contributed by atoms with Crippen molar-refractivity contribution in [1.29, 1.82) is 0 Å². The van der Waals surface area contributed by atoms with E-state index in [0.29, 0.717) is 12.5 Å². The Morgan fingerprint density at radius 1 is 1.15 bits per heavy atom. The molecule has 1 N–H and O–H groups in total. The minimum Gasteiger partial charge on any atom is -0.355 e. The van der Waals surface area contributed by atoms with Crippen molar-refractivity contribution >= 4 is 15.7 Å². The van der Waals surface area contributed by atoms with E-state index in [1.165, 1.54) is 11.1 Å². The quantitative estimate of drug-likeness (QED) is 0.848. The molecule has 1 atom stereocenters. The topological polar surface area (TPSA) is 63.2 Å². The summed E-state index contributed by atoms with van der Waals surface area (Å²) in [5, 5.41) is 3.03. The molecular weight excluding hydrogens is 346 g/mol. The summed E-state index contributed by atoms with van der Waals surface area (Å²) in [4.78, 5) is 12.6. The lowest BCUT2D eigenvalue weighted by Crippen LogP contribution is -2.31. The largest absolute Gasteiger partial charge is 0.355 e. The summed E-state index contributed by atoms with van der Waals surface area (Å²) < 4.78 is 24.0. The van der Waals surface area contributed by atoms with Crippen molar-refractivity contribution in [1.82, 2.24) is 5.32 Å². The van der Waals surface area contributed by atoms with Gasteiger partial charge in [-0.2, -0.15) is 0 Å². The average molecular weight is 372 g/mol. The van der Waals surface area contributed by atoms with Crippen LogP contribution >= 0.6 is 0 Å². The first-order chi connectivity index (χ1) is 12.5. The Morgan fingerprint density at radius 2 is 1.96 bits per heavy atom. The maximum Gasteiger partial charge on any atom is 0.224 e. The highest BCUT2D eigenvalue weighted by atomic mass is 32.2. The molecule has 4 nitrogen and oxygen atoms in total. The van der Waals surface area contributed by atoms with Gasteiger partial charge in [0.2, 0.25) is 5.91 Å². The van der Waals surface area contributed by atoms with E-state index >= 15 is 0 Å². The highest BCUT2D eigenvalue weighted by Gasteiger charge is 2.20. The standard InChI is InChI=1S/C21H25NO3S/c1-2-26(24,25)19-11-5-7-16(13-19)14-21(23)22-15-18-10-6-9-17-8-3-4-12-20(17)18/h3-5,7-8,11-13,18H,2,6,9-10,14-15H2,1H3,(H,22,23). The normalized spacial score (nSPS) is 16.7. The van der Waals surface area contributed by atoms with Crippen molar-refractivity contribution < 1.29 is 13.2 Å². The highest BCUT2D eigenvalue weighted by Crippen LogP contribution is 2.30. The Bertz CT molecular complexity index is 890. The summed E-state index contributed by atoms with van der Waals surface area (Å²) in [5.41, 5.74) is 3.45. The number of nitrogens with one attached hydrogen (secondary N) is 1. The van der Waals surface area contributed by atoms with E-state index < -0.39 is 9.84 Å². The molecule has 0 fully saturated rings. The maximum absolute atomic E-state index is 12.3. The van der Waals surface area contributed by atoms with Crippen LogP contribution in [0, 0.1) is 0 Å². The molecule has 1 aliphatic carbocycles. The summed E-state index contributed by atoms with van der Waals surface area (Å²) in [5.74, 6) is 0.346. The lowest BCUT2D eigenvalue weighted by Gasteiger charge is -2.25. The molecule has 1 aliphatic rings. The number of sulfone groups is 1. The third kappa shape index (κ3) is 4.33. The first-order valence-electron chi connectivity index (χ1n) is 9.16. The molecule has 0 heterocycles. The van der Waals surface area contributed by atoms with Crippen LogP contribution in [0.1, 0.15) is 42.4 Å². The third-order valence-electron chi connectivity index (χ3n) is 5.04. The molecule has 5 heteroatoms. The zero-order valence-corrected chi connectivity index (χ0v) is 15.9. The number of benzene rings is 2. The Hall–Kier alpha value is -2.14. The summed E-state index contributed by atoms with van der Waals surface area (Å²) >= 11 is 0. The average Bonchev–Trinajstić information content (AvgIpc) is 2.66. The van der Waals surface area contributed by atoms with Gasteiger partial charge in [0.25, 0.3) is 0 Å². The number of hydrogen-bond donors (Lipinski definition) is 1. The van der Waals surface area contributed by atoms with Crippen molar-refractivity contribution in [3.05, 3.63) is 65.2 Å². The summed E-state index contributed by atoms with van der Waals surface area (Å²) in [6.07, 6.45) is 3.54. The number of aryl methyl sites for hydroxylation is 1. The zero-order chi connectivity index (χ0) is 18.6. The smallest absolute Gasteiger partial charge is 0.224 e. The Labute approximate surface area is 155 Å². The van der Waals surface area contributed by atoms with Crippen molar-refractivity contribution in [2.75, 3.05) is 12.3 Å². The van der Waals surface area contributed by atoms with Crippen LogP contribution in [-0.4, -0.2) is 26.6 Å². The minimum atomic E-state index is -3.25. The number of rotatable bonds is 6. The molecule has 3 rings (SSSR count). The summed E-state index contributed by atoms with van der Waals surface area (Å²) in [6.45, 7) is 2.25. The highest BCUT2D eigenvalue weighted by molar-refractivity contribution is 7.91. The third-order valence-corrected chi connectivity index (χ3v) is 6.77. The molecule has 2 aromatic rings. The Kier molecular flexibility index (Phi) is 5.77. The second kappa shape index (κ2) is 8.04. The number of fused-ring (bicyclic) bond motifs is 1. The van der Waals surface area contributed by atoms with Crippen molar-refractivity contribution in [2.45, 2.75) is 43.4 Å². The number of hydrogen-bond acceptors (Lipinski definition) is 3. The van der Waals surface area contributed by atoms with Gasteiger partial charge in [-0.15, -0.1) is 0 Å². The van der Waals surface area contributed by atoms with Gasteiger partial charge in [0.15, 0.2) is 9.84 Å². The van der Waals surface area contributed by atoms with Crippen LogP contribution < -0.4 is 5.32 Å². The van der Waals surface area contributed by atoms with Gasteiger partial charge >= 0.3 is 0 Å². The molecule has 0 saturated heterocycles. The number of carbonyl (C=O) groups is 1. The Balaban J connectivity index is 1.61. The van der Waals surface area contributed by atoms with Gasteiger partial charge < -0.3 is 5.32 Å². The number of carbonyl (C=O) groups excluding carboxylic acids is 1. The van der Waals surface area contributed by atoms with Gasteiger partial charge in [-0.1, -0.05) is 43.3 Å². The molecule has 0 spiro atoms. The van der Waals surface area contributed by atoms with E-state index in [9.17, 15) is 13.2 Å². The molecule has 138 valence electrons. The molecule has 0 saturated carbocycles. The molecule has 0 aromatic heterocycles. The fourth-order valence-corrected chi connectivity index (χ4v) is 4.52. The summed E-state index contributed by atoms with van der Waals surface area (Å²) in [7, 11) is -3.25. The van der Waals surface area contributed by atoms with Crippen LogP contribution in [0.25, 0.3) is 0 Å². The zero-order valence-electron chi connectivity index (χ0n) is 15.1. The van der Waals surface area contributed by atoms with Gasteiger partial charge in [0.05, 0.1) is 17.1 Å². The molecular formula is C21H25NO3S. The maximum atomic E-state index is 12.3.